The molecule has 0 radical (unpaired) electrons. The number of nitriles is 1. The van der Waals surface area contributed by atoms with E-state index in [0.717, 1.165) is 12.3 Å². The van der Waals surface area contributed by atoms with Crippen LogP contribution in [-0.4, -0.2) is 12.0 Å². The van der Waals surface area contributed by atoms with Crippen molar-refractivity contribution in [2.75, 3.05) is 17.7 Å². The molecule has 2 rings (SSSR count). The van der Waals surface area contributed by atoms with Crippen LogP contribution in [0.1, 0.15) is 11.3 Å². The summed E-state index contributed by atoms with van der Waals surface area (Å²) in [5, 5.41) is 8.87. The molecule has 0 aliphatic heterocycles. The summed E-state index contributed by atoms with van der Waals surface area (Å²) < 4.78 is 38.2. The fourth-order valence-corrected chi connectivity index (χ4v) is 1.82. The number of halogens is 3. The van der Waals surface area contributed by atoms with Crippen molar-refractivity contribution < 1.29 is 13.2 Å². The molecule has 7 heteroatoms. The lowest BCUT2D eigenvalue weighted by atomic mass is 10.2. The number of nitrogens with zero attached hydrogens (tertiary/aromatic N) is 3. The van der Waals surface area contributed by atoms with Crippen LogP contribution in [0.2, 0.25) is 0 Å². The van der Waals surface area contributed by atoms with Gasteiger partial charge in [0.05, 0.1) is 29.2 Å². The number of nitrogen functional groups attached to an aromatic ring is 1. The van der Waals surface area contributed by atoms with Gasteiger partial charge in [0.15, 0.2) is 0 Å². The summed E-state index contributed by atoms with van der Waals surface area (Å²) in [5.41, 5.74) is 5.94. The third-order valence-corrected chi connectivity index (χ3v) is 2.93. The molecule has 0 aliphatic carbocycles. The zero-order chi connectivity index (χ0) is 15.6. The molecule has 2 N–H and O–H groups in total. The Hall–Kier alpha value is -2.75. The summed E-state index contributed by atoms with van der Waals surface area (Å²) in [6, 6.07) is 9.35. The molecule has 1 heterocycles. The zero-order valence-corrected chi connectivity index (χ0v) is 11.0. The zero-order valence-electron chi connectivity index (χ0n) is 11.0. The Bertz CT molecular complexity index is 704. The van der Waals surface area contributed by atoms with E-state index in [2.05, 4.69) is 4.98 Å². The minimum atomic E-state index is -4.54. The van der Waals surface area contributed by atoms with E-state index >= 15 is 0 Å². The standard InChI is InChI=1S/C14H11F3N4/c1-21(10-4-2-3-9(5-10)7-18)12-6-13(14(15,16)17)20-8-11(12)19/h2-6,8H,19H2,1H3. The van der Waals surface area contributed by atoms with Gasteiger partial charge in [-0.1, -0.05) is 6.07 Å². The van der Waals surface area contributed by atoms with E-state index in [4.69, 9.17) is 11.0 Å². The van der Waals surface area contributed by atoms with Crippen molar-refractivity contribution in [1.29, 1.82) is 5.26 Å². The first-order chi connectivity index (χ1) is 9.82. The molecular formula is C14H11F3N4. The second kappa shape index (κ2) is 5.32. The van der Waals surface area contributed by atoms with Crippen LogP contribution in [0.15, 0.2) is 36.5 Å². The van der Waals surface area contributed by atoms with E-state index in [1.807, 2.05) is 6.07 Å². The van der Waals surface area contributed by atoms with E-state index in [-0.39, 0.29) is 11.4 Å². The molecule has 0 saturated heterocycles. The van der Waals surface area contributed by atoms with Crippen molar-refractivity contribution in [1.82, 2.24) is 4.98 Å². The van der Waals surface area contributed by atoms with Crippen molar-refractivity contribution >= 4 is 17.1 Å². The molecule has 0 unspecified atom stereocenters. The quantitative estimate of drug-likeness (QED) is 0.922. The number of benzene rings is 1. The Morgan fingerprint density at radius 2 is 2.00 bits per heavy atom. The molecule has 1 aromatic heterocycles. The normalized spacial score (nSPS) is 11.0. The first-order valence-corrected chi connectivity index (χ1v) is 5.89. The number of aromatic nitrogens is 1. The molecule has 0 aliphatic rings. The molecule has 0 amide bonds. The highest BCUT2D eigenvalue weighted by Gasteiger charge is 2.33. The first kappa shape index (κ1) is 14.7. The molecule has 0 bridgehead atoms. The lowest BCUT2D eigenvalue weighted by Gasteiger charge is -2.22. The van der Waals surface area contributed by atoms with E-state index in [0.29, 0.717) is 11.3 Å². The summed E-state index contributed by atoms with van der Waals surface area (Å²) in [7, 11) is 1.57. The van der Waals surface area contributed by atoms with E-state index in [1.54, 1.807) is 31.3 Å². The SMILES string of the molecule is CN(c1cccc(C#N)c1)c1cc(C(F)(F)F)ncc1N. The fraction of sp³-hybridized carbons (Fsp3) is 0.143. The van der Waals surface area contributed by atoms with Crippen molar-refractivity contribution in [2.24, 2.45) is 0 Å². The Labute approximate surface area is 119 Å². The monoisotopic (exact) mass is 292 g/mol. The molecule has 21 heavy (non-hydrogen) atoms. The van der Waals surface area contributed by atoms with Gasteiger partial charge in [0.25, 0.3) is 0 Å². The predicted molar refractivity (Wildman–Crippen MR) is 72.9 cm³/mol. The van der Waals surface area contributed by atoms with Gasteiger partial charge in [0, 0.05) is 12.7 Å². The number of alkyl halides is 3. The molecule has 108 valence electrons. The number of nitrogens with two attached hydrogens (primary N) is 1. The molecule has 0 spiro atoms. The lowest BCUT2D eigenvalue weighted by Crippen LogP contribution is -2.15. The topological polar surface area (TPSA) is 65.9 Å². The van der Waals surface area contributed by atoms with Gasteiger partial charge < -0.3 is 10.6 Å². The third kappa shape index (κ3) is 3.05. The van der Waals surface area contributed by atoms with Gasteiger partial charge in [-0.05, 0) is 24.3 Å². The van der Waals surface area contributed by atoms with Crippen LogP contribution in [0, 0.1) is 11.3 Å². The van der Waals surface area contributed by atoms with Crippen LogP contribution >= 0.6 is 0 Å². The summed E-state index contributed by atoms with van der Waals surface area (Å²) in [5.74, 6) is 0. The van der Waals surface area contributed by atoms with Crippen LogP contribution in [0.25, 0.3) is 0 Å². The first-order valence-electron chi connectivity index (χ1n) is 5.89. The van der Waals surface area contributed by atoms with Gasteiger partial charge in [0.1, 0.15) is 5.69 Å². The number of hydrogen-bond donors (Lipinski definition) is 1. The van der Waals surface area contributed by atoms with Gasteiger partial charge in [0.2, 0.25) is 0 Å². The Morgan fingerprint density at radius 3 is 2.62 bits per heavy atom. The van der Waals surface area contributed by atoms with Crippen molar-refractivity contribution in [3.8, 4) is 6.07 Å². The van der Waals surface area contributed by atoms with Crippen LogP contribution in [0.4, 0.5) is 30.2 Å². The molecule has 0 atom stereocenters. The second-order valence-electron chi connectivity index (χ2n) is 4.35. The summed E-state index contributed by atoms with van der Waals surface area (Å²) in [6.45, 7) is 0. The molecule has 1 aromatic carbocycles. The Balaban J connectivity index is 2.47. The number of hydrogen-bond acceptors (Lipinski definition) is 4. The average Bonchev–Trinajstić information content (AvgIpc) is 2.46. The lowest BCUT2D eigenvalue weighted by molar-refractivity contribution is -0.141. The highest BCUT2D eigenvalue weighted by molar-refractivity contribution is 5.74. The van der Waals surface area contributed by atoms with Gasteiger partial charge >= 0.3 is 6.18 Å². The van der Waals surface area contributed by atoms with Crippen LogP contribution in [-0.2, 0) is 6.18 Å². The van der Waals surface area contributed by atoms with Crippen molar-refractivity contribution in [2.45, 2.75) is 6.18 Å². The molecule has 2 aromatic rings. The third-order valence-electron chi connectivity index (χ3n) is 2.93. The molecule has 0 saturated carbocycles. The van der Waals surface area contributed by atoms with Crippen molar-refractivity contribution in [3.63, 3.8) is 0 Å². The minimum absolute atomic E-state index is 0.118. The van der Waals surface area contributed by atoms with Crippen molar-refractivity contribution in [3.05, 3.63) is 47.8 Å². The highest BCUT2D eigenvalue weighted by atomic mass is 19.4. The highest BCUT2D eigenvalue weighted by Crippen LogP contribution is 2.34. The molecular weight excluding hydrogens is 281 g/mol. The average molecular weight is 292 g/mol. The predicted octanol–water partition coefficient (Wildman–Crippen LogP) is 3.32. The van der Waals surface area contributed by atoms with E-state index in [1.165, 1.54) is 4.90 Å². The van der Waals surface area contributed by atoms with Gasteiger partial charge in [-0.15, -0.1) is 0 Å². The fourth-order valence-electron chi connectivity index (χ4n) is 1.82. The van der Waals surface area contributed by atoms with Crippen LogP contribution in [0.5, 0.6) is 0 Å². The van der Waals surface area contributed by atoms with E-state index in [9.17, 15) is 13.2 Å². The van der Waals surface area contributed by atoms with Gasteiger partial charge in [-0.3, -0.25) is 0 Å². The summed E-state index contributed by atoms with van der Waals surface area (Å²) in [6.07, 6.45) is -3.57. The maximum absolute atomic E-state index is 12.7. The maximum Gasteiger partial charge on any atom is 0.433 e. The van der Waals surface area contributed by atoms with Gasteiger partial charge in [-0.2, -0.15) is 18.4 Å². The maximum atomic E-state index is 12.7. The number of pyridine rings is 1. The summed E-state index contributed by atoms with van der Waals surface area (Å²) in [4.78, 5) is 4.77. The Kier molecular flexibility index (Phi) is 3.72. The second-order valence-corrected chi connectivity index (χ2v) is 4.35. The molecule has 0 fully saturated rings. The summed E-state index contributed by atoms with van der Waals surface area (Å²) >= 11 is 0. The van der Waals surface area contributed by atoms with Crippen LogP contribution in [0.3, 0.4) is 0 Å². The smallest absolute Gasteiger partial charge is 0.396 e. The van der Waals surface area contributed by atoms with Crippen LogP contribution < -0.4 is 10.6 Å². The van der Waals surface area contributed by atoms with E-state index < -0.39 is 11.9 Å². The number of anilines is 3. The molecule has 4 nitrogen and oxygen atoms in total. The number of rotatable bonds is 2. The van der Waals surface area contributed by atoms with Gasteiger partial charge in [-0.25, -0.2) is 4.98 Å². The largest absolute Gasteiger partial charge is 0.433 e. The Morgan fingerprint density at radius 1 is 1.29 bits per heavy atom. The minimum Gasteiger partial charge on any atom is -0.396 e.